The molecule has 4 bridgehead atoms. The van der Waals surface area contributed by atoms with Gasteiger partial charge in [-0.3, -0.25) is 14.7 Å². The van der Waals surface area contributed by atoms with Crippen molar-refractivity contribution < 1.29 is 19.4 Å². The van der Waals surface area contributed by atoms with Crippen molar-refractivity contribution in [2.75, 3.05) is 20.2 Å². The second-order valence-electron chi connectivity index (χ2n) is 8.61. The smallest absolute Gasteiger partial charge is 0.220 e. The highest BCUT2D eigenvalue weighted by molar-refractivity contribution is 5.77. The minimum Gasteiger partial charge on any atom is -0.504 e. The highest BCUT2D eigenvalue weighted by atomic mass is 16.5. The van der Waals surface area contributed by atoms with Crippen molar-refractivity contribution >= 4 is 5.91 Å². The molecule has 0 spiro atoms. The van der Waals surface area contributed by atoms with Crippen LogP contribution in [0.1, 0.15) is 29.2 Å². The van der Waals surface area contributed by atoms with Gasteiger partial charge in [-0.05, 0) is 53.9 Å². The monoisotopic (exact) mass is 445 g/mol. The summed E-state index contributed by atoms with van der Waals surface area (Å²) in [6.45, 7) is 2.25. The second kappa shape index (κ2) is 9.11. The summed E-state index contributed by atoms with van der Waals surface area (Å²) < 4.78 is 11.6. The molecule has 2 atom stereocenters. The van der Waals surface area contributed by atoms with E-state index in [1.165, 1.54) is 0 Å². The van der Waals surface area contributed by atoms with Crippen LogP contribution in [0, 0.1) is 0 Å². The fourth-order valence-electron chi connectivity index (χ4n) is 4.67. The van der Waals surface area contributed by atoms with Crippen LogP contribution in [0.3, 0.4) is 0 Å². The number of phenols is 1. The summed E-state index contributed by atoms with van der Waals surface area (Å²) in [5.41, 5.74) is 2.98. The molecular weight excluding hydrogens is 418 g/mol. The lowest BCUT2D eigenvalue weighted by Crippen LogP contribution is -2.39. The molecule has 3 aromatic rings. The molecule has 0 unspecified atom stereocenters. The quantitative estimate of drug-likeness (QED) is 0.641. The first kappa shape index (κ1) is 21.3. The van der Waals surface area contributed by atoms with E-state index in [-0.39, 0.29) is 23.6 Å². The van der Waals surface area contributed by atoms with Gasteiger partial charge in [0.1, 0.15) is 0 Å². The zero-order chi connectivity index (χ0) is 22.8. The van der Waals surface area contributed by atoms with Crippen LogP contribution in [0.15, 0.2) is 60.8 Å². The van der Waals surface area contributed by atoms with E-state index in [0.717, 1.165) is 36.5 Å². The molecule has 5 rings (SSSR count). The van der Waals surface area contributed by atoms with E-state index < -0.39 is 0 Å². The van der Waals surface area contributed by atoms with Crippen LogP contribution in [-0.4, -0.2) is 47.1 Å². The van der Waals surface area contributed by atoms with Gasteiger partial charge in [0.25, 0.3) is 0 Å². The third-order valence-corrected chi connectivity index (χ3v) is 6.35. The van der Waals surface area contributed by atoms with E-state index in [1.807, 2.05) is 42.5 Å². The highest BCUT2D eigenvalue weighted by Crippen LogP contribution is 2.40. The lowest BCUT2D eigenvalue weighted by Gasteiger charge is -2.21. The van der Waals surface area contributed by atoms with Crippen LogP contribution in [0.5, 0.6) is 23.0 Å². The van der Waals surface area contributed by atoms with E-state index in [0.29, 0.717) is 30.1 Å². The maximum absolute atomic E-state index is 12.8. The highest BCUT2D eigenvalue weighted by Gasteiger charge is 2.35. The Kier molecular flexibility index (Phi) is 5.88. The number of aromatic hydroxyl groups is 1. The molecule has 0 aliphatic carbocycles. The van der Waals surface area contributed by atoms with Gasteiger partial charge in [-0.2, -0.15) is 0 Å². The fraction of sp³-hybridized carbons (Fsp3) is 0.308. The van der Waals surface area contributed by atoms with Crippen molar-refractivity contribution in [3.63, 3.8) is 0 Å². The van der Waals surface area contributed by atoms with Crippen molar-refractivity contribution in [1.82, 2.24) is 15.2 Å². The Hall–Kier alpha value is -3.58. The van der Waals surface area contributed by atoms with Gasteiger partial charge in [0, 0.05) is 44.2 Å². The molecule has 170 valence electrons. The number of carbonyl (C=O) groups is 1. The number of nitrogens with zero attached hydrogens (tertiary/aromatic N) is 2. The summed E-state index contributed by atoms with van der Waals surface area (Å²) in [5.74, 6) is 1.63. The molecule has 7 heteroatoms. The third kappa shape index (κ3) is 4.64. The molecule has 1 amide bonds. The number of hydrogen-bond acceptors (Lipinski definition) is 6. The van der Waals surface area contributed by atoms with Gasteiger partial charge >= 0.3 is 0 Å². The first-order valence-electron chi connectivity index (χ1n) is 11.2. The number of fused-ring (bicyclic) bond motifs is 6. The molecule has 0 radical (unpaired) electrons. The Morgan fingerprint density at radius 1 is 1.12 bits per heavy atom. The van der Waals surface area contributed by atoms with Gasteiger partial charge in [-0.25, -0.2) is 0 Å². The summed E-state index contributed by atoms with van der Waals surface area (Å²) >= 11 is 0. The van der Waals surface area contributed by atoms with Crippen LogP contribution in [0.2, 0.25) is 0 Å². The van der Waals surface area contributed by atoms with Crippen molar-refractivity contribution in [3.05, 3.63) is 77.6 Å². The molecule has 2 aromatic carbocycles. The number of hydrogen-bond donors (Lipinski definition) is 2. The van der Waals surface area contributed by atoms with Gasteiger partial charge in [0.2, 0.25) is 5.91 Å². The Balaban J connectivity index is 1.50. The molecule has 1 saturated heterocycles. The van der Waals surface area contributed by atoms with Crippen molar-refractivity contribution in [2.24, 2.45) is 0 Å². The lowest BCUT2D eigenvalue weighted by molar-refractivity contribution is -0.121. The number of aryl methyl sites for hydroxylation is 1. The summed E-state index contributed by atoms with van der Waals surface area (Å²) in [6.07, 6.45) is 2.73. The SMILES string of the molecule is COc1ccc2cc1Oc1cc(ccc1O)CCC(=O)N[C@@H]1CN(Cc3ccccn3)C[C@@H]21. The van der Waals surface area contributed by atoms with Gasteiger partial charge in [-0.1, -0.05) is 18.2 Å². The summed E-state index contributed by atoms with van der Waals surface area (Å²) in [6, 6.07) is 16.9. The molecular formula is C26H27N3O4. The molecule has 1 aromatic heterocycles. The second-order valence-corrected chi connectivity index (χ2v) is 8.61. The number of rotatable bonds is 3. The van der Waals surface area contributed by atoms with Crippen molar-refractivity contribution in [2.45, 2.75) is 31.3 Å². The standard InChI is InChI=1S/C26H27N3O4/c1-32-23-9-7-18-13-25(23)33-24-12-17(5-8-22(24)30)6-10-26(31)28-21-16-29(15-20(18)21)14-19-4-2-3-11-27-19/h2-5,7-9,11-13,20-21,30H,6,10,14-16H2,1H3,(H,28,31)/t20-,21+/m0/s1. The number of ether oxygens (including phenoxy) is 2. The molecule has 2 aliphatic heterocycles. The summed E-state index contributed by atoms with van der Waals surface area (Å²) in [4.78, 5) is 19.6. The van der Waals surface area contributed by atoms with Crippen LogP contribution in [0.4, 0.5) is 0 Å². The molecule has 3 heterocycles. The Morgan fingerprint density at radius 2 is 2.03 bits per heavy atom. The number of likely N-dealkylation sites (tertiary alicyclic amines) is 1. The van der Waals surface area contributed by atoms with Crippen LogP contribution < -0.4 is 14.8 Å². The molecule has 2 aliphatic rings. The van der Waals surface area contributed by atoms with E-state index in [2.05, 4.69) is 15.2 Å². The first-order chi connectivity index (χ1) is 16.1. The molecule has 0 saturated carbocycles. The zero-order valence-corrected chi connectivity index (χ0v) is 18.5. The van der Waals surface area contributed by atoms with E-state index in [4.69, 9.17) is 9.47 Å². The minimum atomic E-state index is -0.0280. The predicted molar refractivity (Wildman–Crippen MR) is 124 cm³/mol. The average molecular weight is 446 g/mol. The van der Waals surface area contributed by atoms with Crippen molar-refractivity contribution in [1.29, 1.82) is 0 Å². The maximum Gasteiger partial charge on any atom is 0.220 e. The van der Waals surface area contributed by atoms with E-state index >= 15 is 0 Å². The number of phenolic OH excluding ortho intramolecular Hbond substituents is 1. The van der Waals surface area contributed by atoms with Gasteiger partial charge < -0.3 is 19.9 Å². The Bertz CT molecular complexity index is 1150. The number of methoxy groups -OCH3 is 1. The molecule has 7 nitrogen and oxygen atoms in total. The van der Waals surface area contributed by atoms with Gasteiger partial charge in [-0.15, -0.1) is 0 Å². The number of nitrogens with one attached hydrogen (secondary N) is 1. The zero-order valence-electron chi connectivity index (χ0n) is 18.5. The topological polar surface area (TPSA) is 83.9 Å². The molecule has 33 heavy (non-hydrogen) atoms. The third-order valence-electron chi connectivity index (χ3n) is 6.35. The van der Waals surface area contributed by atoms with Crippen LogP contribution in [0.25, 0.3) is 0 Å². The maximum atomic E-state index is 12.8. The Labute approximate surface area is 193 Å². The summed E-state index contributed by atoms with van der Waals surface area (Å²) in [5, 5.41) is 13.6. The van der Waals surface area contributed by atoms with Crippen LogP contribution in [-0.2, 0) is 17.8 Å². The fourth-order valence-corrected chi connectivity index (χ4v) is 4.67. The largest absolute Gasteiger partial charge is 0.504 e. The van der Waals surface area contributed by atoms with Crippen molar-refractivity contribution in [3.8, 4) is 23.0 Å². The number of aromatic nitrogens is 1. The number of benzene rings is 2. The molecule has 1 fully saturated rings. The minimum absolute atomic E-state index is 0.0215. The summed E-state index contributed by atoms with van der Waals surface area (Å²) in [7, 11) is 1.60. The first-order valence-corrected chi connectivity index (χ1v) is 11.2. The lowest BCUT2D eigenvalue weighted by atomic mass is 9.93. The number of amides is 1. The van der Waals surface area contributed by atoms with E-state index in [1.54, 1.807) is 25.4 Å². The van der Waals surface area contributed by atoms with Gasteiger partial charge in [0.05, 0.1) is 12.8 Å². The normalized spacial score (nSPS) is 20.5. The van der Waals surface area contributed by atoms with Gasteiger partial charge in [0.15, 0.2) is 23.0 Å². The predicted octanol–water partition coefficient (Wildman–Crippen LogP) is 3.62. The number of carbonyl (C=O) groups excluding carboxylic acids is 1. The average Bonchev–Trinajstić information content (AvgIpc) is 3.21. The van der Waals surface area contributed by atoms with E-state index in [9.17, 15) is 9.90 Å². The number of pyridine rings is 1. The van der Waals surface area contributed by atoms with Crippen LogP contribution >= 0.6 is 0 Å². The molecule has 2 N–H and O–H groups in total. The Morgan fingerprint density at radius 3 is 2.85 bits per heavy atom.